The van der Waals surface area contributed by atoms with Crippen LogP contribution in [0.1, 0.15) is 25.7 Å². The van der Waals surface area contributed by atoms with Crippen LogP contribution in [0.2, 0.25) is 0 Å². The molecule has 0 aromatic heterocycles. The van der Waals surface area contributed by atoms with Crippen LogP contribution >= 0.6 is 0 Å². The number of carbonyl (C=O) groups is 1. The van der Waals surface area contributed by atoms with E-state index in [1.807, 2.05) is 0 Å². The van der Waals surface area contributed by atoms with Crippen LogP contribution in [0, 0.1) is 5.92 Å². The van der Waals surface area contributed by atoms with Gasteiger partial charge in [-0.1, -0.05) is 0 Å². The topological polar surface area (TPSA) is 40.5 Å². The first-order valence-electron chi connectivity index (χ1n) is 4.65. The van der Waals surface area contributed by atoms with Crippen LogP contribution in [-0.2, 0) is 4.79 Å². The maximum atomic E-state index is 10.9. The number of nitrogens with zero attached hydrogens (tertiary/aromatic N) is 1. The Hall–Kier alpha value is -0.570. The van der Waals surface area contributed by atoms with Gasteiger partial charge in [0, 0.05) is 12.1 Å². The van der Waals surface area contributed by atoms with Crippen LogP contribution in [0.4, 0.5) is 0 Å². The first kappa shape index (κ1) is 8.05. The molecule has 0 unspecified atom stereocenters. The van der Waals surface area contributed by atoms with Crippen LogP contribution in [-0.4, -0.2) is 35.1 Å². The molecule has 2 fully saturated rings. The Morgan fingerprint density at radius 1 is 1.33 bits per heavy atom. The van der Waals surface area contributed by atoms with Crippen LogP contribution in [0.25, 0.3) is 0 Å². The number of hydrogen-bond donors (Lipinski definition) is 1. The average Bonchev–Trinajstić information content (AvgIpc) is 2.32. The molecule has 2 heterocycles. The van der Waals surface area contributed by atoms with Crippen molar-refractivity contribution < 1.29 is 9.90 Å². The molecule has 0 aliphatic carbocycles. The molecular weight excluding hydrogens is 154 g/mol. The van der Waals surface area contributed by atoms with Crippen molar-refractivity contribution in [3.63, 3.8) is 0 Å². The molecule has 0 saturated carbocycles. The highest BCUT2D eigenvalue weighted by Crippen LogP contribution is 2.37. The molecule has 0 aromatic rings. The summed E-state index contributed by atoms with van der Waals surface area (Å²) in [6.45, 7) is 0. The van der Waals surface area contributed by atoms with Gasteiger partial charge in [-0.25, -0.2) is 0 Å². The molecule has 12 heavy (non-hydrogen) atoms. The molecule has 0 aromatic carbocycles. The quantitative estimate of drug-likeness (QED) is 0.635. The lowest BCUT2D eigenvalue weighted by Gasteiger charge is -2.35. The summed E-state index contributed by atoms with van der Waals surface area (Å²) < 4.78 is 0. The molecule has 2 aliphatic heterocycles. The Kier molecular flexibility index (Phi) is 1.83. The van der Waals surface area contributed by atoms with Gasteiger partial charge in [-0.15, -0.1) is 0 Å². The Balaban J connectivity index is 2.14. The van der Waals surface area contributed by atoms with Crippen molar-refractivity contribution in [3.05, 3.63) is 0 Å². The van der Waals surface area contributed by atoms with Gasteiger partial charge in [-0.3, -0.25) is 9.69 Å². The molecule has 2 aliphatic rings. The average molecular weight is 169 g/mol. The van der Waals surface area contributed by atoms with E-state index >= 15 is 0 Å². The van der Waals surface area contributed by atoms with Gasteiger partial charge in [-0.2, -0.15) is 0 Å². The third kappa shape index (κ3) is 1.04. The van der Waals surface area contributed by atoms with Gasteiger partial charge < -0.3 is 5.11 Å². The van der Waals surface area contributed by atoms with E-state index in [1.165, 1.54) is 6.42 Å². The molecular formula is C9H15NO2. The maximum absolute atomic E-state index is 10.9. The fourth-order valence-corrected chi connectivity index (χ4v) is 2.73. The standard InChI is InChI=1S/C9H15NO2/c1-10-6-2-4-7(9(11)12)8(10)5-3-6/h6-8H,2-5H2,1H3,(H,11,12)/t6-,7+,8-/m1/s1. The first-order valence-corrected chi connectivity index (χ1v) is 4.65. The highest BCUT2D eigenvalue weighted by molar-refractivity contribution is 5.71. The van der Waals surface area contributed by atoms with Crippen LogP contribution in [0.5, 0.6) is 0 Å². The minimum Gasteiger partial charge on any atom is -0.481 e. The lowest BCUT2D eigenvalue weighted by Crippen LogP contribution is -2.44. The van der Waals surface area contributed by atoms with E-state index < -0.39 is 5.97 Å². The lowest BCUT2D eigenvalue weighted by atomic mass is 9.91. The monoisotopic (exact) mass is 169 g/mol. The second-order valence-electron chi connectivity index (χ2n) is 3.99. The number of piperidine rings is 1. The number of aliphatic carboxylic acids is 1. The fraction of sp³-hybridized carbons (Fsp3) is 0.889. The second kappa shape index (κ2) is 2.73. The van der Waals surface area contributed by atoms with Crippen molar-refractivity contribution in [2.24, 2.45) is 5.92 Å². The molecule has 2 bridgehead atoms. The van der Waals surface area contributed by atoms with Crippen molar-refractivity contribution >= 4 is 5.97 Å². The normalized spacial score (nSPS) is 41.6. The third-order valence-electron chi connectivity index (χ3n) is 3.49. The van der Waals surface area contributed by atoms with Gasteiger partial charge in [-0.05, 0) is 32.7 Å². The van der Waals surface area contributed by atoms with Crippen molar-refractivity contribution in [3.8, 4) is 0 Å². The van der Waals surface area contributed by atoms with Crippen LogP contribution < -0.4 is 0 Å². The smallest absolute Gasteiger partial charge is 0.308 e. The SMILES string of the molecule is CN1[C@@H]2CC[C@H](C(=O)O)[C@H]1CC2. The van der Waals surface area contributed by atoms with E-state index in [4.69, 9.17) is 5.11 Å². The van der Waals surface area contributed by atoms with Crippen molar-refractivity contribution in [1.29, 1.82) is 0 Å². The third-order valence-corrected chi connectivity index (χ3v) is 3.49. The van der Waals surface area contributed by atoms with E-state index in [-0.39, 0.29) is 5.92 Å². The predicted octanol–water partition coefficient (Wildman–Crippen LogP) is 0.944. The summed E-state index contributed by atoms with van der Waals surface area (Å²) in [5.74, 6) is -0.707. The number of carboxylic acids is 1. The van der Waals surface area contributed by atoms with E-state index in [0.29, 0.717) is 12.1 Å². The van der Waals surface area contributed by atoms with Gasteiger partial charge in [0.2, 0.25) is 0 Å². The summed E-state index contributed by atoms with van der Waals surface area (Å²) in [5.41, 5.74) is 0. The number of rotatable bonds is 1. The Labute approximate surface area is 72.4 Å². The van der Waals surface area contributed by atoms with E-state index in [9.17, 15) is 4.79 Å². The summed E-state index contributed by atoms with van der Waals surface area (Å²) in [7, 11) is 2.07. The minimum atomic E-state index is -0.604. The Morgan fingerprint density at radius 3 is 2.67 bits per heavy atom. The molecule has 68 valence electrons. The summed E-state index contributed by atoms with van der Waals surface area (Å²) in [5, 5.41) is 8.95. The minimum absolute atomic E-state index is 0.103. The fourth-order valence-electron chi connectivity index (χ4n) is 2.73. The maximum Gasteiger partial charge on any atom is 0.308 e. The molecule has 2 rings (SSSR count). The number of carboxylic acid groups (broad SMARTS) is 1. The van der Waals surface area contributed by atoms with E-state index in [1.54, 1.807) is 0 Å². The highest BCUT2D eigenvalue weighted by atomic mass is 16.4. The van der Waals surface area contributed by atoms with Crippen LogP contribution in [0.3, 0.4) is 0 Å². The van der Waals surface area contributed by atoms with Gasteiger partial charge in [0.05, 0.1) is 5.92 Å². The largest absolute Gasteiger partial charge is 0.481 e. The molecule has 3 heteroatoms. The molecule has 3 atom stereocenters. The van der Waals surface area contributed by atoms with Gasteiger partial charge in [0.1, 0.15) is 0 Å². The zero-order chi connectivity index (χ0) is 8.72. The van der Waals surface area contributed by atoms with E-state index in [2.05, 4.69) is 11.9 Å². The predicted molar refractivity (Wildman–Crippen MR) is 44.9 cm³/mol. The van der Waals surface area contributed by atoms with Gasteiger partial charge in [0.25, 0.3) is 0 Å². The summed E-state index contributed by atoms with van der Waals surface area (Å²) in [6, 6.07) is 0.992. The molecule has 0 radical (unpaired) electrons. The Morgan fingerprint density at radius 2 is 2.00 bits per heavy atom. The molecule has 0 amide bonds. The summed E-state index contributed by atoms with van der Waals surface area (Å²) >= 11 is 0. The van der Waals surface area contributed by atoms with E-state index in [0.717, 1.165) is 19.3 Å². The zero-order valence-corrected chi connectivity index (χ0v) is 7.36. The second-order valence-corrected chi connectivity index (χ2v) is 3.99. The van der Waals surface area contributed by atoms with Crippen molar-refractivity contribution in [2.75, 3.05) is 7.05 Å². The highest BCUT2D eigenvalue weighted by Gasteiger charge is 2.42. The van der Waals surface area contributed by atoms with Crippen molar-refractivity contribution in [2.45, 2.75) is 37.8 Å². The van der Waals surface area contributed by atoms with Crippen molar-refractivity contribution in [1.82, 2.24) is 4.90 Å². The van der Waals surface area contributed by atoms with Crippen LogP contribution in [0.15, 0.2) is 0 Å². The molecule has 1 N–H and O–H groups in total. The molecule has 3 nitrogen and oxygen atoms in total. The van der Waals surface area contributed by atoms with Gasteiger partial charge in [0.15, 0.2) is 0 Å². The molecule has 2 saturated heterocycles. The zero-order valence-electron chi connectivity index (χ0n) is 7.36. The van der Waals surface area contributed by atoms with Gasteiger partial charge >= 0.3 is 5.97 Å². The number of hydrogen-bond acceptors (Lipinski definition) is 2. The first-order chi connectivity index (χ1) is 5.70. The Bertz CT molecular complexity index is 205. The summed E-state index contributed by atoms with van der Waals surface area (Å²) in [4.78, 5) is 13.1. The lowest BCUT2D eigenvalue weighted by molar-refractivity contribution is -0.145. The number of fused-ring (bicyclic) bond motifs is 2. The summed E-state index contributed by atoms with van der Waals surface area (Å²) in [6.07, 6.45) is 4.24. The molecule has 0 spiro atoms.